The molecule has 1 aromatic carbocycles. The topological polar surface area (TPSA) is 0 Å². The van der Waals surface area contributed by atoms with Crippen LogP contribution in [0, 0.1) is 5.82 Å². The van der Waals surface area contributed by atoms with E-state index in [-0.39, 0.29) is 10.8 Å². The number of hydrogen-bond acceptors (Lipinski definition) is 1. The highest BCUT2D eigenvalue weighted by atomic mass is 35.5. The van der Waals surface area contributed by atoms with Crippen LogP contribution in [0.25, 0.3) is 0 Å². The lowest BCUT2D eigenvalue weighted by Gasteiger charge is -2.03. The van der Waals surface area contributed by atoms with E-state index in [1.165, 1.54) is 6.07 Å². The molecule has 13 heavy (non-hydrogen) atoms. The van der Waals surface area contributed by atoms with Gasteiger partial charge in [0.1, 0.15) is 5.82 Å². The van der Waals surface area contributed by atoms with Crippen LogP contribution >= 0.6 is 35.0 Å². The lowest BCUT2D eigenvalue weighted by molar-refractivity contribution is 0.627. The Morgan fingerprint density at radius 1 is 1.38 bits per heavy atom. The van der Waals surface area contributed by atoms with Crippen LogP contribution in [0.3, 0.4) is 0 Å². The molecule has 0 saturated carbocycles. The van der Waals surface area contributed by atoms with Crippen molar-refractivity contribution in [3.63, 3.8) is 0 Å². The summed E-state index contributed by atoms with van der Waals surface area (Å²) in [4.78, 5) is 0. The van der Waals surface area contributed by atoms with E-state index in [1.807, 2.05) is 6.07 Å². The normalized spacial score (nSPS) is 10.4. The summed E-state index contributed by atoms with van der Waals surface area (Å²) in [5.41, 5.74) is 0.830. The highest BCUT2D eigenvalue weighted by Gasteiger charge is 2.04. The van der Waals surface area contributed by atoms with Crippen LogP contribution in [-0.2, 0) is 5.75 Å². The minimum Gasteiger partial charge on any atom is -0.205 e. The average molecular weight is 239 g/mol. The molecule has 4 heteroatoms. The Balaban J connectivity index is 2.61. The first-order valence-corrected chi connectivity index (χ1v) is 5.89. The van der Waals surface area contributed by atoms with E-state index in [0.29, 0.717) is 11.6 Å². The molecule has 0 atom stereocenters. The molecule has 0 nitrogen and oxygen atoms in total. The van der Waals surface area contributed by atoms with Crippen molar-refractivity contribution in [1.82, 2.24) is 0 Å². The molecule has 0 aliphatic heterocycles. The van der Waals surface area contributed by atoms with E-state index in [9.17, 15) is 4.39 Å². The van der Waals surface area contributed by atoms with Gasteiger partial charge in [-0.2, -0.15) is 11.8 Å². The Kier molecular flexibility index (Phi) is 4.92. The molecular formula is C9H9Cl2FS. The van der Waals surface area contributed by atoms with Gasteiger partial charge >= 0.3 is 0 Å². The molecule has 72 valence electrons. The summed E-state index contributed by atoms with van der Waals surface area (Å²) in [5, 5.41) is 0.226. The van der Waals surface area contributed by atoms with Crippen molar-refractivity contribution >= 4 is 35.0 Å². The molecule has 0 aliphatic carbocycles. The molecule has 1 rings (SSSR count). The summed E-state index contributed by atoms with van der Waals surface area (Å²) in [7, 11) is 0. The van der Waals surface area contributed by atoms with Crippen LogP contribution in [0.1, 0.15) is 5.56 Å². The Bertz CT molecular complexity index is 278. The number of thioether (sulfide) groups is 1. The molecule has 1 aromatic rings. The van der Waals surface area contributed by atoms with Crippen LogP contribution < -0.4 is 0 Å². The summed E-state index contributed by atoms with van der Waals surface area (Å²) in [5.74, 6) is 1.82. The van der Waals surface area contributed by atoms with E-state index < -0.39 is 0 Å². The van der Waals surface area contributed by atoms with Gasteiger partial charge in [-0.3, -0.25) is 0 Å². The molecular weight excluding hydrogens is 230 g/mol. The summed E-state index contributed by atoms with van der Waals surface area (Å²) in [6.45, 7) is 0. The second-order valence-electron chi connectivity index (χ2n) is 2.45. The fourth-order valence-electron chi connectivity index (χ4n) is 0.897. The molecule has 0 radical (unpaired) electrons. The molecule has 0 saturated heterocycles. The van der Waals surface area contributed by atoms with Crippen LogP contribution in [-0.4, -0.2) is 11.6 Å². The second-order valence-corrected chi connectivity index (χ2v) is 4.32. The fraction of sp³-hybridized carbons (Fsp3) is 0.333. The molecule has 0 N–H and O–H groups in total. The van der Waals surface area contributed by atoms with Crippen molar-refractivity contribution in [3.05, 3.63) is 34.6 Å². The van der Waals surface area contributed by atoms with Crippen LogP contribution in [0.2, 0.25) is 5.02 Å². The third kappa shape index (κ3) is 3.37. The Morgan fingerprint density at radius 3 is 2.85 bits per heavy atom. The summed E-state index contributed by atoms with van der Waals surface area (Å²) >= 11 is 12.9. The molecule has 0 unspecified atom stereocenters. The standard InChI is InChI=1S/C9H9Cl2FS/c10-4-5-13-6-7-2-1-3-8(12)9(7)11/h1-3H,4-6H2. The molecule has 0 fully saturated rings. The zero-order chi connectivity index (χ0) is 9.68. The third-order valence-corrected chi connectivity index (χ3v) is 3.35. The van der Waals surface area contributed by atoms with Gasteiger partial charge in [-0.05, 0) is 11.6 Å². The van der Waals surface area contributed by atoms with E-state index >= 15 is 0 Å². The minimum atomic E-state index is -0.356. The molecule has 0 aliphatic rings. The largest absolute Gasteiger partial charge is 0.205 e. The van der Waals surface area contributed by atoms with Crippen molar-refractivity contribution in [2.75, 3.05) is 11.6 Å². The van der Waals surface area contributed by atoms with Crippen LogP contribution in [0.5, 0.6) is 0 Å². The Hall–Kier alpha value is 0.0800. The predicted octanol–water partition coefficient (Wildman–Crippen LogP) is 3.95. The van der Waals surface area contributed by atoms with Gasteiger partial charge < -0.3 is 0 Å². The van der Waals surface area contributed by atoms with Crippen molar-refractivity contribution in [2.45, 2.75) is 5.75 Å². The van der Waals surface area contributed by atoms with Gasteiger partial charge in [0.25, 0.3) is 0 Å². The van der Waals surface area contributed by atoms with E-state index in [2.05, 4.69) is 0 Å². The van der Waals surface area contributed by atoms with Gasteiger partial charge in [-0.1, -0.05) is 23.7 Å². The Labute approximate surface area is 91.4 Å². The second kappa shape index (κ2) is 5.74. The van der Waals surface area contributed by atoms with Crippen LogP contribution in [0.15, 0.2) is 18.2 Å². The predicted molar refractivity (Wildman–Crippen MR) is 58.3 cm³/mol. The highest BCUT2D eigenvalue weighted by molar-refractivity contribution is 7.98. The maximum atomic E-state index is 12.9. The summed E-state index contributed by atoms with van der Waals surface area (Å²) < 4.78 is 12.9. The van der Waals surface area contributed by atoms with Gasteiger partial charge in [0.05, 0.1) is 5.02 Å². The van der Waals surface area contributed by atoms with Crippen LogP contribution in [0.4, 0.5) is 4.39 Å². The minimum absolute atomic E-state index is 0.226. The zero-order valence-corrected chi connectivity index (χ0v) is 9.22. The molecule has 0 aromatic heterocycles. The van der Waals surface area contributed by atoms with Gasteiger partial charge in [0.2, 0.25) is 0 Å². The molecule has 0 heterocycles. The molecule has 0 bridgehead atoms. The van der Waals surface area contributed by atoms with Crippen molar-refractivity contribution in [2.24, 2.45) is 0 Å². The van der Waals surface area contributed by atoms with Gasteiger partial charge in [0, 0.05) is 17.4 Å². The monoisotopic (exact) mass is 238 g/mol. The lowest BCUT2D eigenvalue weighted by atomic mass is 10.2. The van der Waals surface area contributed by atoms with Crippen molar-refractivity contribution in [1.29, 1.82) is 0 Å². The number of benzene rings is 1. The number of rotatable bonds is 4. The number of halogens is 3. The highest BCUT2D eigenvalue weighted by Crippen LogP contribution is 2.23. The summed E-state index contributed by atoms with van der Waals surface area (Å²) in [6, 6.07) is 4.85. The van der Waals surface area contributed by atoms with Gasteiger partial charge in [-0.15, -0.1) is 11.6 Å². The van der Waals surface area contributed by atoms with Crippen molar-refractivity contribution < 1.29 is 4.39 Å². The first-order chi connectivity index (χ1) is 6.25. The summed E-state index contributed by atoms with van der Waals surface area (Å²) in [6.07, 6.45) is 0. The third-order valence-electron chi connectivity index (χ3n) is 1.51. The Morgan fingerprint density at radius 2 is 2.15 bits per heavy atom. The quantitative estimate of drug-likeness (QED) is 0.566. The zero-order valence-electron chi connectivity index (χ0n) is 6.90. The van der Waals surface area contributed by atoms with E-state index in [1.54, 1.807) is 17.8 Å². The van der Waals surface area contributed by atoms with E-state index in [0.717, 1.165) is 11.3 Å². The maximum Gasteiger partial charge on any atom is 0.142 e. The maximum absolute atomic E-state index is 12.9. The van der Waals surface area contributed by atoms with Gasteiger partial charge in [-0.25, -0.2) is 4.39 Å². The SMILES string of the molecule is Fc1cccc(CSCCCl)c1Cl. The van der Waals surface area contributed by atoms with Gasteiger partial charge in [0.15, 0.2) is 0 Å². The van der Waals surface area contributed by atoms with E-state index in [4.69, 9.17) is 23.2 Å². The first kappa shape index (κ1) is 11.2. The van der Waals surface area contributed by atoms with Crippen molar-refractivity contribution in [3.8, 4) is 0 Å². The smallest absolute Gasteiger partial charge is 0.142 e. The number of hydrogen-bond donors (Lipinski definition) is 0. The lowest BCUT2D eigenvalue weighted by Crippen LogP contribution is -1.88. The fourth-order valence-corrected chi connectivity index (χ4v) is 2.21. The average Bonchev–Trinajstić information content (AvgIpc) is 2.13. The number of alkyl halides is 1. The molecule has 0 amide bonds. The first-order valence-electron chi connectivity index (χ1n) is 3.82. The molecule has 0 spiro atoms.